The van der Waals surface area contributed by atoms with Gasteiger partial charge in [-0.25, -0.2) is 13.9 Å². The van der Waals surface area contributed by atoms with Crippen LogP contribution in [0.5, 0.6) is 0 Å². The van der Waals surface area contributed by atoms with Crippen LogP contribution in [-0.2, 0) is 19.2 Å². The van der Waals surface area contributed by atoms with Crippen molar-refractivity contribution >= 4 is 46.2 Å². The van der Waals surface area contributed by atoms with Crippen molar-refractivity contribution in [3.8, 4) is 28.6 Å². The molecule has 356 valence electrons. The predicted octanol–water partition coefficient (Wildman–Crippen LogP) is 5.59. The fourth-order valence-electron chi connectivity index (χ4n) is 10.3. The predicted molar refractivity (Wildman–Crippen MR) is 254 cm³/mol. The summed E-state index contributed by atoms with van der Waals surface area (Å²) in [5, 5.41) is 39.2. The normalized spacial score (nSPS) is 19.8. The summed E-state index contributed by atoms with van der Waals surface area (Å²) in [6.45, 7) is 9.43. The molecule has 9 rings (SSSR count). The monoisotopic (exact) mass is 926 g/mol. The smallest absolute Gasteiger partial charge is 0.249 e. The van der Waals surface area contributed by atoms with Crippen molar-refractivity contribution in [2.75, 3.05) is 54.4 Å². The average Bonchev–Trinajstić information content (AvgIpc) is 4.01. The third-order valence-electron chi connectivity index (χ3n) is 14.6. The quantitative estimate of drug-likeness (QED) is 0.113. The van der Waals surface area contributed by atoms with Crippen LogP contribution in [0.15, 0.2) is 67.3 Å². The van der Waals surface area contributed by atoms with Crippen LogP contribution >= 0.6 is 0 Å². The number of fused-ring (bicyclic) bond motifs is 1. The molecule has 4 saturated heterocycles. The van der Waals surface area contributed by atoms with E-state index in [2.05, 4.69) is 51.1 Å². The second-order valence-corrected chi connectivity index (χ2v) is 19.3. The number of carbonyl (C=O) groups is 4. The molecule has 4 N–H and O–H groups in total. The molecule has 0 aliphatic carbocycles. The maximum atomic E-state index is 15.3. The molecule has 0 radical (unpaired) electrons. The number of anilines is 3. The first-order valence-electron chi connectivity index (χ1n) is 23.9. The molecule has 17 nitrogen and oxygen atoms in total. The van der Waals surface area contributed by atoms with E-state index in [1.54, 1.807) is 29.0 Å². The largest absolute Gasteiger partial charge is 0.389 e. The van der Waals surface area contributed by atoms with Crippen LogP contribution in [-0.4, -0.2) is 115 Å². The topological polar surface area (TPSA) is 206 Å². The van der Waals surface area contributed by atoms with Crippen LogP contribution in [0.25, 0.3) is 28.0 Å². The van der Waals surface area contributed by atoms with Gasteiger partial charge in [0.25, 0.3) is 0 Å². The summed E-state index contributed by atoms with van der Waals surface area (Å²) in [5.41, 5.74) is 4.28. The van der Waals surface area contributed by atoms with Gasteiger partial charge in [-0.3, -0.25) is 29.2 Å². The molecule has 5 aromatic rings. The first-order valence-corrected chi connectivity index (χ1v) is 23.9. The lowest BCUT2D eigenvalue weighted by Crippen LogP contribution is -2.50. The number of rotatable bonds is 12. The van der Waals surface area contributed by atoms with E-state index in [-0.39, 0.29) is 48.1 Å². The highest BCUT2D eigenvalue weighted by Crippen LogP contribution is 2.39. The first kappa shape index (κ1) is 46.2. The number of aromatic nitrogens is 5. The molecule has 4 amide bonds. The number of nitrogens with zero attached hydrogens (tertiary/aromatic N) is 9. The lowest BCUT2D eigenvalue weighted by Gasteiger charge is -2.41. The van der Waals surface area contributed by atoms with Gasteiger partial charge in [0, 0.05) is 80.4 Å². The number of benzene rings is 2. The molecule has 4 aliphatic rings. The molecule has 1 atom stereocenters. The average molecular weight is 927 g/mol. The molecule has 18 heteroatoms. The van der Waals surface area contributed by atoms with Crippen molar-refractivity contribution in [2.24, 2.45) is 5.41 Å². The van der Waals surface area contributed by atoms with Crippen molar-refractivity contribution in [3.63, 3.8) is 0 Å². The zero-order valence-corrected chi connectivity index (χ0v) is 38.9. The minimum absolute atomic E-state index is 0.00857. The van der Waals surface area contributed by atoms with Crippen LogP contribution in [0.1, 0.15) is 96.6 Å². The summed E-state index contributed by atoms with van der Waals surface area (Å²) in [6.07, 6.45) is 12.0. The highest BCUT2D eigenvalue weighted by Gasteiger charge is 2.41. The number of amides is 4. The first-order chi connectivity index (χ1) is 32.7. The number of carbonyl (C=O) groups excluding carboxylic acids is 4. The summed E-state index contributed by atoms with van der Waals surface area (Å²) in [7, 11) is 0. The van der Waals surface area contributed by atoms with E-state index >= 15 is 4.39 Å². The van der Waals surface area contributed by atoms with E-state index in [0.29, 0.717) is 92.1 Å². The Kier molecular flexibility index (Phi) is 12.9. The lowest BCUT2D eigenvalue weighted by molar-refractivity contribution is -0.139. The molecule has 4 aliphatic heterocycles. The molecule has 0 saturated carbocycles. The van der Waals surface area contributed by atoms with Crippen LogP contribution in [0, 0.1) is 22.6 Å². The van der Waals surface area contributed by atoms with Crippen LogP contribution in [0.3, 0.4) is 0 Å². The SMILES string of the molecule is CCC1(C(=O)NC(C)C)CCN(c2ccc(-c3nc(-c4cnn(C5CCN(C(=O)CC6(O)CCN(c7ccc(NC8CCC(=O)NC8=O)cc7F)CC6)CC5)c4)cn4ncc(C#N)c34)cc2)CC1. The Balaban J connectivity index is 0.799. The van der Waals surface area contributed by atoms with Gasteiger partial charge in [0.15, 0.2) is 0 Å². The summed E-state index contributed by atoms with van der Waals surface area (Å²) in [5.74, 6) is -1.17. The minimum atomic E-state index is -1.20. The molecule has 2 aromatic carbocycles. The molecule has 68 heavy (non-hydrogen) atoms. The number of nitrogens with one attached hydrogen (secondary N) is 3. The summed E-state index contributed by atoms with van der Waals surface area (Å²) < 4.78 is 18.9. The van der Waals surface area contributed by atoms with E-state index in [4.69, 9.17) is 10.1 Å². The van der Waals surface area contributed by atoms with E-state index in [0.717, 1.165) is 49.2 Å². The maximum Gasteiger partial charge on any atom is 0.249 e. The molecule has 1 unspecified atom stereocenters. The van der Waals surface area contributed by atoms with Gasteiger partial charge in [0.05, 0.1) is 59.1 Å². The highest BCUT2D eigenvalue weighted by molar-refractivity contribution is 6.01. The number of likely N-dealkylation sites (tertiary alicyclic amines) is 1. The molecule has 7 heterocycles. The summed E-state index contributed by atoms with van der Waals surface area (Å²) in [4.78, 5) is 61.4. The number of aliphatic hydroxyl groups is 1. The minimum Gasteiger partial charge on any atom is -0.389 e. The van der Waals surface area contributed by atoms with E-state index < -0.39 is 23.4 Å². The number of piperidine rings is 4. The van der Waals surface area contributed by atoms with Crippen LogP contribution in [0.4, 0.5) is 21.5 Å². The Labute approximate surface area is 394 Å². The van der Waals surface area contributed by atoms with E-state index in [1.807, 2.05) is 52.9 Å². The molecule has 3 aromatic heterocycles. The van der Waals surface area contributed by atoms with Crippen molar-refractivity contribution in [2.45, 2.75) is 109 Å². The number of imide groups is 1. The van der Waals surface area contributed by atoms with E-state index in [1.165, 1.54) is 6.07 Å². The standard InChI is InChI=1S/C50H59FN12O5/c1-4-49(48(67)55-32(2)3)15-21-59(22-16-49)37-8-5-33(6-9-37)45-46-34(27-52)28-54-63(46)31-41(57-45)35-29-53-62(30-35)38-13-19-61(20-14-38)44(65)26-50(68)17-23-60(24-18-50)42-11-7-36(25-39(42)51)56-40-10-12-43(64)58-47(40)66/h5-9,11,25,28-32,38,40,56,68H,4,10,12-24,26H2,1-3H3,(H,55,67)(H,58,64,66). The van der Waals surface area contributed by atoms with Gasteiger partial charge in [-0.1, -0.05) is 19.1 Å². The third kappa shape index (κ3) is 9.49. The number of nitriles is 1. The summed E-state index contributed by atoms with van der Waals surface area (Å²) in [6, 6.07) is 14.7. The zero-order valence-electron chi connectivity index (χ0n) is 38.9. The Morgan fingerprint density at radius 3 is 2.31 bits per heavy atom. The number of halogens is 1. The summed E-state index contributed by atoms with van der Waals surface area (Å²) >= 11 is 0. The second kappa shape index (κ2) is 19.0. The van der Waals surface area contributed by atoms with Gasteiger partial charge in [0.1, 0.15) is 29.0 Å². The molecular weight excluding hydrogens is 868 g/mol. The van der Waals surface area contributed by atoms with Crippen LogP contribution < -0.4 is 25.8 Å². The van der Waals surface area contributed by atoms with Crippen molar-refractivity contribution in [1.82, 2.24) is 39.9 Å². The van der Waals surface area contributed by atoms with Crippen LogP contribution in [0.2, 0.25) is 0 Å². The van der Waals surface area contributed by atoms with Gasteiger partial charge in [-0.15, -0.1) is 0 Å². The molecule has 0 bridgehead atoms. The van der Waals surface area contributed by atoms with Gasteiger partial charge in [0.2, 0.25) is 23.6 Å². The Hall–Kier alpha value is -6.87. The highest BCUT2D eigenvalue weighted by atomic mass is 19.1. The number of hydrogen-bond donors (Lipinski definition) is 4. The fourth-order valence-corrected chi connectivity index (χ4v) is 10.3. The van der Waals surface area contributed by atoms with Gasteiger partial charge < -0.3 is 30.4 Å². The second-order valence-electron chi connectivity index (χ2n) is 19.3. The number of hydrogen-bond acceptors (Lipinski definition) is 12. The molecule has 4 fully saturated rings. The van der Waals surface area contributed by atoms with Gasteiger partial charge in [-0.05, 0) is 95.5 Å². The van der Waals surface area contributed by atoms with Crippen molar-refractivity contribution in [3.05, 3.63) is 78.6 Å². The van der Waals surface area contributed by atoms with Gasteiger partial charge >= 0.3 is 0 Å². The molecule has 0 spiro atoms. The zero-order chi connectivity index (χ0) is 47.7. The Bertz CT molecular complexity index is 2740. The fraction of sp³-hybridized carbons (Fsp3) is 0.480. The third-order valence-corrected chi connectivity index (χ3v) is 14.6. The maximum absolute atomic E-state index is 15.3. The lowest BCUT2D eigenvalue weighted by atomic mass is 9.75. The Morgan fingerprint density at radius 1 is 0.926 bits per heavy atom. The Morgan fingerprint density at radius 2 is 1.65 bits per heavy atom. The van der Waals surface area contributed by atoms with Crippen molar-refractivity contribution < 1.29 is 28.7 Å². The van der Waals surface area contributed by atoms with Gasteiger partial charge in [-0.2, -0.15) is 15.5 Å². The molecular formula is C50H59FN12O5. The van der Waals surface area contributed by atoms with E-state index in [9.17, 15) is 29.5 Å². The van der Waals surface area contributed by atoms with Crippen molar-refractivity contribution in [1.29, 1.82) is 5.26 Å².